The van der Waals surface area contributed by atoms with Crippen LogP contribution in [0, 0.1) is 0 Å². The number of aliphatic carboxylic acids is 1. The molecule has 0 aromatic heterocycles. The molecule has 0 saturated heterocycles. The van der Waals surface area contributed by atoms with Crippen molar-refractivity contribution in [2.24, 2.45) is 0 Å². The van der Waals surface area contributed by atoms with E-state index in [1.54, 1.807) is 18.2 Å². The number of benzene rings is 1. The lowest BCUT2D eigenvalue weighted by atomic mass is 10.1. The van der Waals surface area contributed by atoms with Crippen LogP contribution < -0.4 is 9.47 Å². The molecule has 21 heavy (non-hydrogen) atoms. The van der Waals surface area contributed by atoms with E-state index < -0.39 is 5.97 Å². The molecule has 1 N–H and O–H groups in total. The predicted octanol–water partition coefficient (Wildman–Crippen LogP) is 0.504. The first-order valence-electron chi connectivity index (χ1n) is 6.53. The molecule has 0 radical (unpaired) electrons. The molecule has 7 nitrogen and oxygen atoms in total. The molecule has 0 unspecified atom stereocenters. The Morgan fingerprint density at radius 1 is 1.19 bits per heavy atom. The van der Waals surface area contributed by atoms with E-state index >= 15 is 0 Å². The van der Waals surface area contributed by atoms with Crippen molar-refractivity contribution in [2.45, 2.75) is 0 Å². The zero-order valence-corrected chi connectivity index (χ0v) is 12.0. The molecule has 0 aliphatic carbocycles. The molecule has 1 aromatic rings. The molecular formula is C14H18N2O5. The molecule has 0 spiro atoms. The summed E-state index contributed by atoms with van der Waals surface area (Å²) >= 11 is 0. The molecule has 2 rings (SSSR count). The fraction of sp³-hybridized carbons (Fsp3) is 0.429. The Hall–Kier alpha value is -2.28. The monoisotopic (exact) mass is 294 g/mol. The van der Waals surface area contributed by atoms with E-state index in [1.165, 1.54) is 4.90 Å². The first kappa shape index (κ1) is 15.1. The molecule has 1 aliphatic rings. The van der Waals surface area contributed by atoms with Crippen LogP contribution >= 0.6 is 0 Å². The zero-order valence-electron chi connectivity index (χ0n) is 12.0. The van der Waals surface area contributed by atoms with Crippen LogP contribution in [0.5, 0.6) is 11.5 Å². The standard InChI is InChI=1S/C14H18N2O5/c1-15(2)5-6-16(8-13(17)18)14(19)10-3-4-11-12(7-10)21-9-20-11/h3-4,7H,5-6,8-9H2,1-2H3,(H,17,18). The number of carbonyl (C=O) groups excluding carboxylic acids is 1. The van der Waals surface area contributed by atoms with Gasteiger partial charge in [0.2, 0.25) is 6.79 Å². The quantitative estimate of drug-likeness (QED) is 0.823. The minimum Gasteiger partial charge on any atom is -0.480 e. The number of fused-ring (bicyclic) bond motifs is 1. The third-order valence-corrected chi connectivity index (χ3v) is 3.05. The van der Waals surface area contributed by atoms with Gasteiger partial charge in [0, 0.05) is 18.7 Å². The normalized spacial score (nSPS) is 12.5. The first-order valence-corrected chi connectivity index (χ1v) is 6.53. The Bertz CT molecular complexity index is 544. The van der Waals surface area contributed by atoms with Gasteiger partial charge in [0.15, 0.2) is 11.5 Å². The number of likely N-dealkylation sites (N-methyl/N-ethyl adjacent to an activating group) is 1. The molecule has 0 bridgehead atoms. The van der Waals surface area contributed by atoms with E-state index in [1.807, 2.05) is 19.0 Å². The number of carbonyl (C=O) groups is 2. The maximum Gasteiger partial charge on any atom is 0.323 e. The smallest absolute Gasteiger partial charge is 0.323 e. The van der Waals surface area contributed by atoms with Gasteiger partial charge in [0.1, 0.15) is 6.54 Å². The number of rotatable bonds is 6. The second-order valence-electron chi connectivity index (χ2n) is 4.99. The number of carboxylic acids is 1. The molecule has 1 aromatic carbocycles. The highest BCUT2D eigenvalue weighted by molar-refractivity contribution is 5.96. The number of carboxylic acid groups (broad SMARTS) is 1. The van der Waals surface area contributed by atoms with E-state index in [9.17, 15) is 9.59 Å². The SMILES string of the molecule is CN(C)CCN(CC(=O)O)C(=O)c1ccc2c(c1)OCO2. The highest BCUT2D eigenvalue weighted by Gasteiger charge is 2.21. The molecule has 0 fully saturated rings. The third kappa shape index (κ3) is 3.85. The maximum absolute atomic E-state index is 12.4. The average molecular weight is 294 g/mol. The highest BCUT2D eigenvalue weighted by atomic mass is 16.7. The van der Waals surface area contributed by atoms with Gasteiger partial charge >= 0.3 is 5.97 Å². The van der Waals surface area contributed by atoms with E-state index in [2.05, 4.69) is 0 Å². The van der Waals surface area contributed by atoms with Gasteiger partial charge in [-0.05, 0) is 32.3 Å². The molecule has 7 heteroatoms. The largest absolute Gasteiger partial charge is 0.480 e. The van der Waals surface area contributed by atoms with E-state index in [4.69, 9.17) is 14.6 Å². The van der Waals surface area contributed by atoms with Gasteiger partial charge in [-0.1, -0.05) is 0 Å². The molecule has 1 aliphatic heterocycles. The number of hydrogen-bond donors (Lipinski definition) is 1. The van der Waals surface area contributed by atoms with Crippen molar-refractivity contribution in [1.29, 1.82) is 0 Å². The van der Waals surface area contributed by atoms with Crippen LogP contribution in [-0.4, -0.2) is 67.3 Å². The van der Waals surface area contributed by atoms with Crippen LogP contribution in [-0.2, 0) is 4.79 Å². The van der Waals surface area contributed by atoms with E-state index in [-0.39, 0.29) is 19.2 Å². The van der Waals surface area contributed by atoms with Crippen LogP contribution in [0.25, 0.3) is 0 Å². The van der Waals surface area contributed by atoms with Gasteiger partial charge in [-0.2, -0.15) is 0 Å². The van der Waals surface area contributed by atoms with Crippen LogP contribution in [0.1, 0.15) is 10.4 Å². The number of hydrogen-bond acceptors (Lipinski definition) is 5. The summed E-state index contributed by atoms with van der Waals surface area (Å²) in [5.74, 6) is -0.284. The van der Waals surface area contributed by atoms with Crippen molar-refractivity contribution >= 4 is 11.9 Å². The van der Waals surface area contributed by atoms with Gasteiger partial charge in [-0.25, -0.2) is 0 Å². The Kier molecular flexibility index (Phi) is 4.64. The van der Waals surface area contributed by atoms with Gasteiger partial charge in [0.05, 0.1) is 0 Å². The Balaban J connectivity index is 2.14. The lowest BCUT2D eigenvalue weighted by Crippen LogP contribution is -2.40. The number of ether oxygens (including phenoxy) is 2. The van der Waals surface area contributed by atoms with Gasteiger partial charge < -0.3 is 24.4 Å². The maximum atomic E-state index is 12.4. The summed E-state index contributed by atoms with van der Waals surface area (Å²) in [7, 11) is 3.73. The lowest BCUT2D eigenvalue weighted by Gasteiger charge is -2.22. The molecule has 1 amide bonds. The summed E-state index contributed by atoms with van der Waals surface area (Å²) in [6.45, 7) is 0.726. The summed E-state index contributed by atoms with van der Waals surface area (Å²) < 4.78 is 10.4. The zero-order chi connectivity index (χ0) is 15.4. The average Bonchev–Trinajstić information content (AvgIpc) is 2.89. The van der Waals surface area contributed by atoms with Crippen molar-refractivity contribution in [3.8, 4) is 11.5 Å². The topological polar surface area (TPSA) is 79.3 Å². The highest BCUT2D eigenvalue weighted by Crippen LogP contribution is 2.32. The van der Waals surface area contributed by atoms with Crippen molar-refractivity contribution in [3.05, 3.63) is 23.8 Å². The summed E-state index contributed by atoms with van der Waals surface area (Å²) in [6, 6.07) is 4.84. The minimum atomic E-state index is -1.04. The van der Waals surface area contributed by atoms with Crippen molar-refractivity contribution < 1.29 is 24.2 Å². The molecule has 0 saturated carbocycles. The lowest BCUT2D eigenvalue weighted by molar-refractivity contribution is -0.137. The Morgan fingerprint density at radius 3 is 2.57 bits per heavy atom. The summed E-state index contributed by atoms with van der Waals surface area (Å²) in [5.41, 5.74) is 0.388. The summed E-state index contributed by atoms with van der Waals surface area (Å²) in [6.07, 6.45) is 0. The van der Waals surface area contributed by atoms with Gasteiger partial charge in [-0.3, -0.25) is 9.59 Å². The molecule has 114 valence electrons. The minimum absolute atomic E-state index is 0.131. The van der Waals surface area contributed by atoms with Crippen LogP contribution in [0.15, 0.2) is 18.2 Å². The van der Waals surface area contributed by atoms with E-state index in [0.717, 1.165) is 0 Å². The Morgan fingerprint density at radius 2 is 1.90 bits per heavy atom. The number of nitrogens with zero attached hydrogens (tertiary/aromatic N) is 2. The Labute approximate surface area is 122 Å². The molecular weight excluding hydrogens is 276 g/mol. The fourth-order valence-electron chi connectivity index (χ4n) is 1.95. The summed E-state index contributed by atoms with van der Waals surface area (Å²) in [4.78, 5) is 26.6. The predicted molar refractivity (Wildman–Crippen MR) is 74.7 cm³/mol. The van der Waals surface area contributed by atoms with Gasteiger partial charge in [0.25, 0.3) is 5.91 Å². The fourth-order valence-corrected chi connectivity index (χ4v) is 1.95. The second kappa shape index (κ2) is 6.45. The molecule has 0 atom stereocenters. The van der Waals surface area contributed by atoms with Gasteiger partial charge in [-0.15, -0.1) is 0 Å². The first-order chi connectivity index (χ1) is 9.97. The number of amides is 1. The van der Waals surface area contributed by atoms with E-state index in [0.29, 0.717) is 30.2 Å². The second-order valence-corrected chi connectivity index (χ2v) is 4.99. The van der Waals surface area contributed by atoms with Crippen LogP contribution in [0.4, 0.5) is 0 Å². The van der Waals surface area contributed by atoms with Crippen LogP contribution in [0.2, 0.25) is 0 Å². The van der Waals surface area contributed by atoms with Crippen molar-refractivity contribution in [3.63, 3.8) is 0 Å². The molecule has 1 heterocycles. The third-order valence-electron chi connectivity index (χ3n) is 3.05. The van der Waals surface area contributed by atoms with Crippen LogP contribution in [0.3, 0.4) is 0 Å². The van der Waals surface area contributed by atoms with Crippen molar-refractivity contribution in [1.82, 2.24) is 9.80 Å². The summed E-state index contributed by atoms with van der Waals surface area (Å²) in [5, 5.41) is 8.95. The van der Waals surface area contributed by atoms with Crippen molar-refractivity contribution in [2.75, 3.05) is 40.5 Å².